The van der Waals surface area contributed by atoms with Crippen LogP contribution in [0.4, 0.5) is 0 Å². The number of rotatable bonds is 3. The van der Waals surface area contributed by atoms with Crippen LogP contribution in [0, 0.1) is 0 Å². The molecule has 3 rings (SSSR count). The molecule has 1 unspecified atom stereocenters. The molecule has 104 valence electrons. The van der Waals surface area contributed by atoms with Crippen molar-refractivity contribution in [2.45, 2.75) is 30.3 Å². The summed E-state index contributed by atoms with van der Waals surface area (Å²) in [6.45, 7) is 0.872. The molecule has 1 N–H and O–H groups in total. The van der Waals surface area contributed by atoms with Crippen LogP contribution in [-0.4, -0.2) is 28.0 Å². The van der Waals surface area contributed by atoms with Gasteiger partial charge in [-0.1, -0.05) is 12.1 Å². The number of amides is 1. The molecule has 1 aliphatic heterocycles. The number of fused-ring (bicyclic) bond motifs is 1. The maximum Gasteiger partial charge on any atom is 0.252 e. The number of carbonyl (C=O) groups is 1. The zero-order chi connectivity index (χ0) is 13.9. The van der Waals surface area contributed by atoms with Gasteiger partial charge < -0.3 is 5.32 Å². The molecule has 0 fully saturated rings. The van der Waals surface area contributed by atoms with Crippen molar-refractivity contribution < 1.29 is 4.79 Å². The lowest BCUT2D eigenvalue weighted by Crippen LogP contribution is -2.40. The Bertz CT molecular complexity index is 623. The van der Waals surface area contributed by atoms with E-state index in [1.807, 2.05) is 47.5 Å². The first-order valence-electron chi connectivity index (χ1n) is 6.72. The molecule has 1 aromatic heterocycles. The van der Waals surface area contributed by atoms with Gasteiger partial charge in [0.05, 0.1) is 5.56 Å². The molecule has 0 saturated heterocycles. The van der Waals surface area contributed by atoms with E-state index in [2.05, 4.69) is 10.4 Å². The van der Waals surface area contributed by atoms with E-state index in [0.717, 1.165) is 29.8 Å². The van der Waals surface area contributed by atoms with Gasteiger partial charge in [0.2, 0.25) is 0 Å². The van der Waals surface area contributed by atoms with Gasteiger partial charge in [-0.3, -0.25) is 9.48 Å². The molecular formula is C15H17N3OS. The second-order valence-electron chi connectivity index (χ2n) is 4.91. The van der Waals surface area contributed by atoms with Crippen LogP contribution in [0.15, 0.2) is 41.4 Å². The zero-order valence-electron chi connectivity index (χ0n) is 11.4. The Labute approximate surface area is 122 Å². The highest BCUT2D eigenvalue weighted by Crippen LogP contribution is 2.20. The Morgan fingerprint density at radius 1 is 1.40 bits per heavy atom. The van der Waals surface area contributed by atoms with Gasteiger partial charge in [-0.05, 0) is 30.9 Å². The molecule has 4 nitrogen and oxygen atoms in total. The number of aromatic nitrogens is 2. The van der Waals surface area contributed by atoms with E-state index < -0.39 is 0 Å². The summed E-state index contributed by atoms with van der Waals surface area (Å²) in [6.07, 6.45) is 5.60. The largest absolute Gasteiger partial charge is 0.349 e. The highest BCUT2D eigenvalue weighted by molar-refractivity contribution is 7.98. The summed E-state index contributed by atoms with van der Waals surface area (Å²) in [6, 6.07) is 9.95. The lowest BCUT2D eigenvalue weighted by Gasteiger charge is -2.24. The van der Waals surface area contributed by atoms with Gasteiger partial charge in [-0.2, -0.15) is 5.10 Å². The predicted molar refractivity (Wildman–Crippen MR) is 80.0 cm³/mol. The predicted octanol–water partition coefficient (Wildman–Crippen LogP) is 2.35. The molecule has 2 heterocycles. The van der Waals surface area contributed by atoms with E-state index in [1.54, 1.807) is 11.8 Å². The van der Waals surface area contributed by atoms with Gasteiger partial charge >= 0.3 is 0 Å². The van der Waals surface area contributed by atoms with Crippen molar-refractivity contribution in [2.75, 3.05) is 6.26 Å². The molecule has 5 heteroatoms. The fourth-order valence-electron chi connectivity index (χ4n) is 2.59. The second-order valence-corrected chi connectivity index (χ2v) is 5.76. The summed E-state index contributed by atoms with van der Waals surface area (Å²) < 4.78 is 2.01. The summed E-state index contributed by atoms with van der Waals surface area (Å²) in [4.78, 5) is 13.4. The minimum Gasteiger partial charge on any atom is -0.349 e. The van der Waals surface area contributed by atoms with Gasteiger partial charge in [-0.25, -0.2) is 0 Å². The molecular weight excluding hydrogens is 270 g/mol. The highest BCUT2D eigenvalue weighted by Gasteiger charge is 2.21. The van der Waals surface area contributed by atoms with Crippen LogP contribution in [0.3, 0.4) is 0 Å². The van der Waals surface area contributed by atoms with Crippen molar-refractivity contribution >= 4 is 17.7 Å². The Morgan fingerprint density at radius 2 is 2.25 bits per heavy atom. The second kappa shape index (κ2) is 5.71. The first-order valence-corrected chi connectivity index (χ1v) is 7.95. The quantitative estimate of drug-likeness (QED) is 0.882. The average molecular weight is 287 g/mol. The third kappa shape index (κ3) is 2.58. The fourth-order valence-corrected chi connectivity index (χ4v) is 3.18. The van der Waals surface area contributed by atoms with Crippen LogP contribution in [0.25, 0.3) is 0 Å². The third-order valence-electron chi connectivity index (χ3n) is 3.64. The summed E-state index contributed by atoms with van der Waals surface area (Å²) in [5.74, 6) is 0.0212. The van der Waals surface area contributed by atoms with Crippen LogP contribution in [-0.2, 0) is 13.0 Å². The lowest BCUT2D eigenvalue weighted by atomic mass is 10.0. The van der Waals surface area contributed by atoms with Crippen LogP contribution in [0.5, 0.6) is 0 Å². The van der Waals surface area contributed by atoms with E-state index in [0.29, 0.717) is 0 Å². The molecule has 1 amide bonds. The molecule has 2 aromatic rings. The molecule has 1 aliphatic rings. The number of thioether (sulfide) groups is 1. The number of nitrogens with one attached hydrogen (secondary N) is 1. The first kappa shape index (κ1) is 13.2. The van der Waals surface area contributed by atoms with Gasteiger partial charge in [0.1, 0.15) is 0 Å². The van der Waals surface area contributed by atoms with E-state index in [4.69, 9.17) is 0 Å². The number of benzene rings is 1. The Morgan fingerprint density at radius 3 is 3.10 bits per heavy atom. The van der Waals surface area contributed by atoms with Crippen LogP contribution >= 0.6 is 11.8 Å². The Balaban J connectivity index is 1.71. The molecule has 0 aliphatic carbocycles. The SMILES string of the molecule is CSc1ccccc1C(=O)NC1CCn2nccc2C1. The smallest absolute Gasteiger partial charge is 0.252 e. The number of hydrogen-bond donors (Lipinski definition) is 1. The minimum absolute atomic E-state index is 0.0212. The van der Waals surface area contributed by atoms with Crippen molar-refractivity contribution in [2.24, 2.45) is 0 Å². The average Bonchev–Trinajstić information content (AvgIpc) is 2.94. The zero-order valence-corrected chi connectivity index (χ0v) is 12.2. The van der Waals surface area contributed by atoms with Crippen LogP contribution in [0.2, 0.25) is 0 Å². The maximum absolute atomic E-state index is 12.4. The van der Waals surface area contributed by atoms with Crippen molar-refractivity contribution in [3.05, 3.63) is 47.8 Å². The highest BCUT2D eigenvalue weighted by atomic mass is 32.2. The maximum atomic E-state index is 12.4. The number of hydrogen-bond acceptors (Lipinski definition) is 3. The van der Waals surface area contributed by atoms with Crippen molar-refractivity contribution in [3.63, 3.8) is 0 Å². The Hall–Kier alpha value is -1.75. The van der Waals surface area contributed by atoms with E-state index in [1.165, 1.54) is 5.69 Å². The molecule has 1 aromatic carbocycles. The van der Waals surface area contributed by atoms with Crippen molar-refractivity contribution in [1.82, 2.24) is 15.1 Å². The van der Waals surface area contributed by atoms with Gasteiger partial charge in [-0.15, -0.1) is 11.8 Å². The molecule has 0 radical (unpaired) electrons. The number of carbonyl (C=O) groups excluding carboxylic acids is 1. The molecule has 0 bridgehead atoms. The number of nitrogens with zero attached hydrogens (tertiary/aromatic N) is 2. The Kier molecular flexibility index (Phi) is 3.78. The topological polar surface area (TPSA) is 46.9 Å². The van der Waals surface area contributed by atoms with E-state index >= 15 is 0 Å². The van der Waals surface area contributed by atoms with Crippen molar-refractivity contribution in [1.29, 1.82) is 0 Å². The van der Waals surface area contributed by atoms with Crippen LogP contribution < -0.4 is 5.32 Å². The van der Waals surface area contributed by atoms with Crippen LogP contribution in [0.1, 0.15) is 22.5 Å². The molecule has 0 saturated carbocycles. The van der Waals surface area contributed by atoms with Gasteiger partial charge in [0.25, 0.3) is 5.91 Å². The molecule has 1 atom stereocenters. The summed E-state index contributed by atoms with van der Waals surface area (Å²) in [5.41, 5.74) is 1.96. The first-order chi connectivity index (χ1) is 9.78. The monoisotopic (exact) mass is 287 g/mol. The lowest BCUT2D eigenvalue weighted by molar-refractivity contribution is 0.0927. The van der Waals surface area contributed by atoms with Gasteiger partial charge in [0.15, 0.2) is 0 Å². The molecule has 0 spiro atoms. The standard InChI is InChI=1S/C15H17N3OS/c1-20-14-5-3-2-4-13(14)15(19)17-11-7-9-18-12(10-11)6-8-16-18/h2-6,8,11H,7,9-10H2,1H3,(H,17,19). The third-order valence-corrected chi connectivity index (χ3v) is 4.43. The van der Waals surface area contributed by atoms with Crippen molar-refractivity contribution in [3.8, 4) is 0 Å². The fraction of sp³-hybridized carbons (Fsp3) is 0.333. The summed E-state index contributed by atoms with van der Waals surface area (Å²) in [5, 5.41) is 7.40. The minimum atomic E-state index is 0.0212. The molecule has 20 heavy (non-hydrogen) atoms. The van der Waals surface area contributed by atoms with Gasteiger partial charge in [0, 0.05) is 35.8 Å². The van der Waals surface area contributed by atoms with E-state index in [9.17, 15) is 4.79 Å². The van der Waals surface area contributed by atoms with E-state index in [-0.39, 0.29) is 11.9 Å². The summed E-state index contributed by atoms with van der Waals surface area (Å²) >= 11 is 1.60. The normalized spacial score (nSPS) is 17.6. The summed E-state index contributed by atoms with van der Waals surface area (Å²) in [7, 11) is 0. The number of aryl methyl sites for hydroxylation is 1.